The quantitative estimate of drug-likeness (QED) is 0.849. The Bertz CT molecular complexity index is 655. The van der Waals surface area contributed by atoms with Crippen molar-refractivity contribution < 1.29 is 0 Å². The first-order valence-corrected chi connectivity index (χ1v) is 7.40. The number of rotatable bonds is 2. The standard InChI is InChI=1S/C17H16ClN3/c18-16-12-14(13-19)6-7-17(16)21-10-8-20(9-11-21)15-4-2-1-3-5-15/h1-7,12H,8-11H2. The van der Waals surface area contributed by atoms with Crippen LogP contribution < -0.4 is 9.80 Å². The van der Waals surface area contributed by atoms with Crippen LogP contribution >= 0.6 is 11.6 Å². The third-order valence-corrected chi connectivity index (χ3v) is 4.12. The van der Waals surface area contributed by atoms with Crippen molar-refractivity contribution in [3.05, 3.63) is 59.1 Å². The minimum Gasteiger partial charge on any atom is -0.368 e. The largest absolute Gasteiger partial charge is 0.368 e. The average Bonchev–Trinajstić information content (AvgIpc) is 2.56. The van der Waals surface area contributed by atoms with E-state index in [0.717, 1.165) is 31.9 Å². The number of benzene rings is 2. The van der Waals surface area contributed by atoms with Gasteiger partial charge in [-0.25, -0.2) is 0 Å². The Morgan fingerprint density at radius 2 is 1.57 bits per heavy atom. The second-order valence-electron chi connectivity index (χ2n) is 5.09. The summed E-state index contributed by atoms with van der Waals surface area (Å²) in [5.74, 6) is 0. The molecule has 0 N–H and O–H groups in total. The highest BCUT2D eigenvalue weighted by atomic mass is 35.5. The van der Waals surface area contributed by atoms with Crippen LogP contribution in [0.3, 0.4) is 0 Å². The van der Waals surface area contributed by atoms with Gasteiger partial charge in [0.25, 0.3) is 0 Å². The number of nitriles is 1. The van der Waals surface area contributed by atoms with Crippen LogP contribution in [-0.4, -0.2) is 26.2 Å². The zero-order chi connectivity index (χ0) is 14.7. The topological polar surface area (TPSA) is 30.3 Å². The van der Waals surface area contributed by atoms with Crippen molar-refractivity contribution in [3.8, 4) is 6.07 Å². The van der Waals surface area contributed by atoms with Crippen LogP contribution in [0.2, 0.25) is 5.02 Å². The second-order valence-corrected chi connectivity index (χ2v) is 5.49. The monoisotopic (exact) mass is 297 g/mol. The van der Waals surface area contributed by atoms with Gasteiger partial charge in [-0.05, 0) is 30.3 Å². The molecule has 106 valence electrons. The summed E-state index contributed by atoms with van der Waals surface area (Å²) in [6.45, 7) is 3.81. The van der Waals surface area contributed by atoms with Crippen molar-refractivity contribution in [1.29, 1.82) is 5.26 Å². The van der Waals surface area contributed by atoms with Crippen molar-refractivity contribution in [2.75, 3.05) is 36.0 Å². The van der Waals surface area contributed by atoms with Crippen molar-refractivity contribution in [2.24, 2.45) is 0 Å². The third kappa shape index (κ3) is 2.96. The molecule has 0 atom stereocenters. The van der Waals surface area contributed by atoms with E-state index in [9.17, 15) is 0 Å². The fraction of sp³-hybridized carbons (Fsp3) is 0.235. The molecule has 4 heteroatoms. The lowest BCUT2D eigenvalue weighted by molar-refractivity contribution is 0.653. The van der Waals surface area contributed by atoms with Crippen LogP contribution in [0.1, 0.15) is 5.56 Å². The first kappa shape index (κ1) is 13.8. The molecule has 0 saturated carbocycles. The number of hydrogen-bond acceptors (Lipinski definition) is 3. The fourth-order valence-corrected chi connectivity index (χ4v) is 2.98. The molecular formula is C17H16ClN3. The summed E-state index contributed by atoms with van der Waals surface area (Å²) < 4.78 is 0. The molecular weight excluding hydrogens is 282 g/mol. The Balaban J connectivity index is 1.70. The summed E-state index contributed by atoms with van der Waals surface area (Å²) >= 11 is 6.29. The molecule has 2 aromatic rings. The van der Waals surface area contributed by atoms with Gasteiger partial charge in [-0.15, -0.1) is 0 Å². The summed E-state index contributed by atoms with van der Waals surface area (Å²) in [6.07, 6.45) is 0. The molecule has 2 aromatic carbocycles. The highest BCUT2D eigenvalue weighted by molar-refractivity contribution is 6.33. The average molecular weight is 298 g/mol. The molecule has 21 heavy (non-hydrogen) atoms. The number of hydrogen-bond donors (Lipinski definition) is 0. The van der Waals surface area contributed by atoms with Crippen LogP contribution in [-0.2, 0) is 0 Å². The van der Waals surface area contributed by atoms with E-state index in [-0.39, 0.29) is 0 Å². The smallest absolute Gasteiger partial charge is 0.0992 e. The number of piperazine rings is 1. The van der Waals surface area contributed by atoms with Gasteiger partial charge in [-0.3, -0.25) is 0 Å². The van der Waals surface area contributed by atoms with E-state index >= 15 is 0 Å². The van der Waals surface area contributed by atoms with Crippen LogP contribution in [0.15, 0.2) is 48.5 Å². The Kier molecular flexibility index (Phi) is 3.98. The summed E-state index contributed by atoms with van der Waals surface area (Å²) in [6, 6.07) is 18.1. The fourth-order valence-electron chi connectivity index (χ4n) is 2.68. The molecule has 0 amide bonds. The number of halogens is 1. The summed E-state index contributed by atoms with van der Waals surface area (Å²) in [5, 5.41) is 9.55. The molecule has 1 aliphatic rings. The molecule has 3 rings (SSSR count). The highest BCUT2D eigenvalue weighted by Gasteiger charge is 2.19. The van der Waals surface area contributed by atoms with Gasteiger partial charge in [0.2, 0.25) is 0 Å². The van der Waals surface area contributed by atoms with Gasteiger partial charge in [0.1, 0.15) is 0 Å². The molecule has 1 fully saturated rings. The lowest BCUT2D eigenvalue weighted by Gasteiger charge is -2.37. The second kappa shape index (κ2) is 6.07. The SMILES string of the molecule is N#Cc1ccc(N2CCN(c3ccccc3)CC2)c(Cl)c1. The first-order valence-electron chi connectivity index (χ1n) is 7.02. The van der Waals surface area contributed by atoms with Gasteiger partial charge in [0, 0.05) is 31.9 Å². The van der Waals surface area contributed by atoms with E-state index in [4.69, 9.17) is 16.9 Å². The number of anilines is 2. The van der Waals surface area contributed by atoms with Crippen LogP contribution in [0.5, 0.6) is 0 Å². The zero-order valence-corrected chi connectivity index (χ0v) is 12.4. The predicted molar refractivity (Wildman–Crippen MR) is 87.0 cm³/mol. The first-order chi connectivity index (χ1) is 10.3. The van der Waals surface area contributed by atoms with Crippen LogP contribution in [0, 0.1) is 11.3 Å². The van der Waals surface area contributed by atoms with Gasteiger partial charge in [-0.2, -0.15) is 5.26 Å². The minimum atomic E-state index is 0.603. The molecule has 1 saturated heterocycles. The van der Waals surface area contributed by atoms with Gasteiger partial charge in [0.15, 0.2) is 0 Å². The van der Waals surface area contributed by atoms with E-state index in [1.54, 1.807) is 6.07 Å². The van der Waals surface area contributed by atoms with Crippen molar-refractivity contribution in [3.63, 3.8) is 0 Å². The Morgan fingerprint density at radius 1 is 0.905 bits per heavy atom. The molecule has 0 bridgehead atoms. The lowest BCUT2D eigenvalue weighted by Crippen LogP contribution is -2.46. The van der Waals surface area contributed by atoms with Crippen LogP contribution in [0.4, 0.5) is 11.4 Å². The van der Waals surface area contributed by atoms with Gasteiger partial charge in [0.05, 0.1) is 22.3 Å². The van der Waals surface area contributed by atoms with Crippen LogP contribution in [0.25, 0.3) is 0 Å². The van der Waals surface area contributed by atoms with Crippen molar-refractivity contribution in [1.82, 2.24) is 0 Å². The van der Waals surface area contributed by atoms with Gasteiger partial charge < -0.3 is 9.80 Å². The maximum Gasteiger partial charge on any atom is 0.0992 e. The van der Waals surface area contributed by atoms with E-state index in [1.165, 1.54) is 5.69 Å². The molecule has 0 spiro atoms. The molecule has 0 radical (unpaired) electrons. The zero-order valence-electron chi connectivity index (χ0n) is 11.7. The third-order valence-electron chi connectivity index (χ3n) is 3.82. The normalized spacial score (nSPS) is 14.9. The van der Waals surface area contributed by atoms with Crippen molar-refractivity contribution >= 4 is 23.0 Å². The molecule has 0 aromatic heterocycles. The highest BCUT2D eigenvalue weighted by Crippen LogP contribution is 2.28. The Labute approximate surface area is 130 Å². The van der Waals surface area contributed by atoms with Gasteiger partial charge in [-0.1, -0.05) is 29.8 Å². The Hall–Kier alpha value is -2.18. The van der Waals surface area contributed by atoms with E-state index in [1.807, 2.05) is 18.2 Å². The van der Waals surface area contributed by atoms with E-state index < -0.39 is 0 Å². The Morgan fingerprint density at radius 3 is 2.19 bits per heavy atom. The van der Waals surface area contributed by atoms with E-state index in [2.05, 4.69) is 40.1 Å². The summed E-state index contributed by atoms with van der Waals surface area (Å²) in [7, 11) is 0. The number of para-hydroxylation sites is 1. The lowest BCUT2D eigenvalue weighted by atomic mass is 10.2. The number of nitrogens with zero attached hydrogens (tertiary/aromatic N) is 3. The molecule has 0 unspecified atom stereocenters. The maximum atomic E-state index is 8.90. The van der Waals surface area contributed by atoms with E-state index in [0.29, 0.717) is 10.6 Å². The van der Waals surface area contributed by atoms with Gasteiger partial charge >= 0.3 is 0 Å². The molecule has 1 heterocycles. The molecule has 0 aliphatic carbocycles. The minimum absolute atomic E-state index is 0.603. The molecule has 1 aliphatic heterocycles. The maximum absolute atomic E-state index is 8.90. The summed E-state index contributed by atoms with van der Waals surface area (Å²) in [4.78, 5) is 4.66. The molecule has 3 nitrogen and oxygen atoms in total. The summed E-state index contributed by atoms with van der Waals surface area (Å²) in [5.41, 5.74) is 2.89. The predicted octanol–water partition coefficient (Wildman–Crippen LogP) is 3.54. The van der Waals surface area contributed by atoms with Crippen molar-refractivity contribution in [2.45, 2.75) is 0 Å².